The molecule has 0 saturated carbocycles. The topological polar surface area (TPSA) is 107 Å². The van der Waals surface area contributed by atoms with Crippen LogP contribution in [0.5, 0.6) is 11.5 Å². The Morgan fingerprint density at radius 3 is 2.10 bits per heavy atom. The smallest absolute Gasteiger partial charge is 0.273 e. The first-order chi connectivity index (χ1) is 13.8. The van der Waals surface area contributed by atoms with Gasteiger partial charge in [-0.05, 0) is 30.3 Å². The number of rotatable bonds is 6. The third kappa shape index (κ3) is 4.58. The van der Waals surface area contributed by atoms with Crippen molar-refractivity contribution < 1.29 is 22.9 Å². The predicted molar refractivity (Wildman–Crippen MR) is 108 cm³/mol. The number of benzene rings is 3. The molecule has 9 heteroatoms. The van der Waals surface area contributed by atoms with E-state index in [0.29, 0.717) is 10.1 Å². The van der Waals surface area contributed by atoms with E-state index >= 15 is 0 Å². The first kappa shape index (κ1) is 20.0. The lowest BCUT2D eigenvalue weighted by Crippen LogP contribution is -2.36. The molecule has 29 heavy (non-hydrogen) atoms. The van der Waals surface area contributed by atoms with Crippen LogP contribution in [0.4, 0.5) is 11.4 Å². The van der Waals surface area contributed by atoms with Crippen LogP contribution < -0.4 is 9.04 Å². The van der Waals surface area contributed by atoms with Crippen LogP contribution in [0.1, 0.15) is 10.4 Å². The van der Waals surface area contributed by atoms with Gasteiger partial charge in [0.1, 0.15) is 11.4 Å². The molecule has 0 aromatic heterocycles. The monoisotopic (exact) mass is 412 g/mol. The van der Waals surface area contributed by atoms with Gasteiger partial charge in [0.15, 0.2) is 5.75 Å². The summed E-state index contributed by atoms with van der Waals surface area (Å²) in [6, 6.07) is 19.6. The summed E-state index contributed by atoms with van der Waals surface area (Å²) in [6.07, 6.45) is 0.877. The minimum atomic E-state index is -4.08. The number of sulfonamides is 1. The molecule has 0 radical (unpaired) electrons. The number of carbonyl (C=O) groups excluding carboxylic acids is 1. The van der Waals surface area contributed by atoms with Crippen LogP contribution in [0.3, 0.4) is 0 Å². The van der Waals surface area contributed by atoms with Crippen molar-refractivity contribution >= 4 is 27.3 Å². The number of ether oxygens (including phenoxy) is 1. The molecular formula is C20H16N2O6S. The molecule has 0 aliphatic heterocycles. The van der Waals surface area contributed by atoms with E-state index in [1.165, 1.54) is 18.2 Å². The van der Waals surface area contributed by atoms with Gasteiger partial charge in [0, 0.05) is 11.6 Å². The molecule has 0 heterocycles. The van der Waals surface area contributed by atoms with E-state index in [-0.39, 0.29) is 22.7 Å². The summed E-state index contributed by atoms with van der Waals surface area (Å²) >= 11 is 0. The minimum Gasteiger partial charge on any atom is -0.455 e. The molecule has 0 N–H and O–H groups in total. The van der Waals surface area contributed by atoms with Crippen molar-refractivity contribution in [3.63, 3.8) is 0 Å². The number of hydrogen-bond donors (Lipinski definition) is 0. The second-order valence-electron chi connectivity index (χ2n) is 6.02. The molecule has 3 aromatic carbocycles. The third-order valence-corrected chi connectivity index (χ3v) is 4.91. The molecule has 3 rings (SSSR count). The molecule has 148 valence electrons. The van der Waals surface area contributed by atoms with E-state index in [4.69, 9.17) is 4.74 Å². The Bertz CT molecular complexity index is 1150. The van der Waals surface area contributed by atoms with Crippen molar-refractivity contribution in [3.05, 3.63) is 94.5 Å². The van der Waals surface area contributed by atoms with Gasteiger partial charge in [-0.2, -0.15) is 4.31 Å². The van der Waals surface area contributed by atoms with Crippen molar-refractivity contribution in [1.29, 1.82) is 0 Å². The standard InChI is InChI=1S/C20H16N2O6S/c1-29(26,27)21(20(23)15-8-4-2-5-9-15)18-13-12-16(22(24)25)14-19(18)28-17-10-6-3-7-11-17/h2-14H,1H3. The fraction of sp³-hybridized carbons (Fsp3) is 0.0500. The fourth-order valence-electron chi connectivity index (χ4n) is 2.62. The highest BCUT2D eigenvalue weighted by Crippen LogP contribution is 2.37. The Hall–Kier alpha value is -3.72. The summed E-state index contributed by atoms with van der Waals surface area (Å²) in [5.74, 6) is -0.616. The fourth-order valence-corrected chi connectivity index (χ4v) is 3.53. The first-order valence-electron chi connectivity index (χ1n) is 8.38. The van der Waals surface area contributed by atoms with Gasteiger partial charge in [0.2, 0.25) is 10.0 Å². The number of nitro groups is 1. The van der Waals surface area contributed by atoms with Crippen molar-refractivity contribution in [3.8, 4) is 11.5 Å². The second kappa shape index (κ2) is 8.11. The Balaban J connectivity index is 2.17. The van der Waals surface area contributed by atoms with Crippen molar-refractivity contribution in [2.24, 2.45) is 0 Å². The Morgan fingerprint density at radius 2 is 1.55 bits per heavy atom. The lowest BCUT2D eigenvalue weighted by Gasteiger charge is -2.23. The molecule has 0 saturated heterocycles. The van der Waals surface area contributed by atoms with E-state index in [2.05, 4.69) is 0 Å². The molecule has 0 fully saturated rings. The molecule has 1 amide bonds. The van der Waals surface area contributed by atoms with Gasteiger partial charge in [0.05, 0.1) is 17.2 Å². The molecule has 3 aromatic rings. The van der Waals surface area contributed by atoms with Crippen LogP contribution in [0.25, 0.3) is 0 Å². The lowest BCUT2D eigenvalue weighted by molar-refractivity contribution is -0.384. The van der Waals surface area contributed by atoms with Crippen LogP contribution >= 0.6 is 0 Å². The minimum absolute atomic E-state index is 0.129. The van der Waals surface area contributed by atoms with Crippen molar-refractivity contribution in [1.82, 2.24) is 0 Å². The average Bonchev–Trinajstić information content (AvgIpc) is 2.69. The van der Waals surface area contributed by atoms with E-state index in [0.717, 1.165) is 18.4 Å². The van der Waals surface area contributed by atoms with Crippen LogP contribution in [-0.2, 0) is 10.0 Å². The zero-order valence-electron chi connectivity index (χ0n) is 15.3. The number of amides is 1. The van der Waals surface area contributed by atoms with Crippen LogP contribution in [-0.4, -0.2) is 25.5 Å². The van der Waals surface area contributed by atoms with Gasteiger partial charge in [0.25, 0.3) is 11.6 Å². The van der Waals surface area contributed by atoms with Crippen LogP contribution in [0.2, 0.25) is 0 Å². The molecule has 0 spiro atoms. The molecule has 8 nitrogen and oxygen atoms in total. The highest BCUT2D eigenvalue weighted by Gasteiger charge is 2.30. The number of hydrogen-bond acceptors (Lipinski definition) is 6. The van der Waals surface area contributed by atoms with Crippen LogP contribution in [0.15, 0.2) is 78.9 Å². The van der Waals surface area contributed by atoms with Crippen molar-refractivity contribution in [2.75, 3.05) is 10.6 Å². The molecule has 0 bridgehead atoms. The number of non-ortho nitro benzene ring substituents is 1. The maximum Gasteiger partial charge on any atom is 0.273 e. The average molecular weight is 412 g/mol. The molecular weight excluding hydrogens is 396 g/mol. The number of nitrogens with zero attached hydrogens (tertiary/aromatic N) is 2. The summed E-state index contributed by atoms with van der Waals surface area (Å²) in [4.78, 5) is 23.5. The van der Waals surface area contributed by atoms with E-state index in [1.54, 1.807) is 48.5 Å². The Morgan fingerprint density at radius 1 is 0.966 bits per heavy atom. The molecule has 0 aliphatic carbocycles. The molecule has 0 atom stereocenters. The van der Waals surface area contributed by atoms with E-state index < -0.39 is 20.9 Å². The molecule has 0 unspecified atom stereocenters. The predicted octanol–water partition coefficient (Wildman–Crippen LogP) is 3.99. The number of para-hydroxylation sites is 1. The SMILES string of the molecule is CS(=O)(=O)N(C(=O)c1ccccc1)c1ccc([N+](=O)[O-])cc1Oc1ccccc1. The Kier molecular flexibility index (Phi) is 5.60. The molecule has 0 aliphatic rings. The van der Waals surface area contributed by atoms with Gasteiger partial charge < -0.3 is 4.74 Å². The summed E-state index contributed by atoms with van der Waals surface area (Å²) in [7, 11) is -4.08. The Labute approximate surface area is 167 Å². The zero-order valence-corrected chi connectivity index (χ0v) is 16.1. The van der Waals surface area contributed by atoms with Gasteiger partial charge in [-0.3, -0.25) is 14.9 Å². The maximum absolute atomic E-state index is 13.0. The van der Waals surface area contributed by atoms with E-state index in [9.17, 15) is 23.3 Å². The quantitative estimate of drug-likeness (QED) is 0.447. The first-order valence-corrected chi connectivity index (χ1v) is 10.2. The summed E-state index contributed by atoms with van der Waals surface area (Å²) in [5.41, 5.74) is -0.293. The zero-order chi connectivity index (χ0) is 21.0. The third-order valence-electron chi connectivity index (χ3n) is 3.88. The maximum atomic E-state index is 13.0. The number of anilines is 1. The highest BCUT2D eigenvalue weighted by atomic mass is 32.2. The van der Waals surface area contributed by atoms with Crippen molar-refractivity contribution in [2.45, 2.75) is 0 Å². The number of carbonyl (C=O) groups is 1. The highest BCUT2D eigenvalue weighted by molar-refractivity contribution is 7.92. The van der Waals surface area contributed by atoms with Gasteiger partial charge in [-0.25, -0.2) is 8.42 Å². The van der Waals surface area contributed by atoms with Gasteiger partial charge >= 0.3 is 0 Å². The number of nitro benzene ring substituents is 1. The largest absolute Gasteiger partial charge is 0.455 e. The summed E-state index contributed by atoms with van der Waals surface area (Å²) in [6.45, 7) is 0. The second-order valence-corrected chi connectivity index (χ2v) is 7.85. The van der Waals surface area contributed by atoms with Gasteiger partial charge in [-0.15, -0.1) is 0 Å². The lowest BCUT2D eigenvalue weighted by atomic mass is 10.2. The summed E-state index contributed by atoms with van der Waals surface area (Å²) in [5, 5.41) is 11.2. The van der Waals surface area contributed by atoms with Gasteiger partial charge in [-0.1, -0.05) is 36.4 Å². The van der Waals surface area contributed by atoms with Crippen LogP contribution in [0, 0.1) is 10.1 Å². The normalized spacial score (nSPS) is 10.9. The van der Waals surface area contributed by atoms with E-state index in [1.807, 2.05) is 0 Å². The summed E-state index contributed by atoms with van der Waals surface area (Å²) < 4.78 is 31.2.